The highest BCUT2D eigenvalue weighted by atomic mass is 16.5. The molecule has 0 saturated heterocycles. The molecule has 4 unspecified atom stereocenters. The van der Waals surface area contributed by atoms with Gasteiger partial charge in [-0.05, 0) is 39.0 Å². The van der Waals surface area contributed by atoms with Crippen LogP contribution in [0.15, 0.2) is 0 Å². The first kappa shape index (κ1) is 13.5. The summed E-state index contributed by atoms with van der Waals surface area (Å²) in [5.74, 6) is -0.710. The number of aliphatic hydroxyl groups excluding tert-OH is 1. The smallest absolute Gasteiger partial charge is 0.311 e. The Morgan fingerprint density at radius 2 is 2.25 bits per heavy atom. The van der Waals surface area contributed by atoms with Gasteiger partial charge in [0.15, 0.2) is 0 Å². The Morgan fingerprint density at radius 3 is 2.75 bits per heavy atom. The van der Waals surface area contributed by atoms with Crippen LogP contribution in [0.4, 0.5) is 0 Å². The predicted octanol–water partition coefficient (Wildman–Crippen LogP) is 1.10. The highest BCUT2D eigenvalue weighted by Gasteiger charge is 2.47. The molecular formula is C12H22O4. The number of hydrogen-bond acceptors (Lipinski definition) is 4. The van der Waals surface area contributed by atoms with E-state index < -0.39 is 23.6 Å². The molecule has 0 spiro atoms. The van der Waals surface area contributed by atoms with Gasteiger partial charge >= 0.3 is 5.97 Å². The Kier molecular flexibility index (Phi) is 4.33. The fourth-order valence-corrected chi connectivity index (χ4v) is 2.32. The number of hydrogen-bond donors (Lipinski definition) is 2. The van der Waals surface area contributed by atoms with Crippen LogP contribution in [0.5, 0.6) is 0 Å². The van der Waals surface area contributed by atoms with Crippen LogP contribution in [-0.4, -0.2) is 34.5 Å². The summed E-state index contributed by atoms with van der Waals surface area (Å²) in [4.78, 5) is 11.6. The molecule has 0 aliphatic heterocycles. The van der Waals surface area contributed by atoms with Gasteiger partial charge in [0.05, 0.1) is 18.6 Å². The summed E-state index contributed by atoms with van der Waals surface area (Å²) in [6.07, 6.45) is 0.989. The van der Waals surface area contributed by atoms with Crippen LogP contribution >= 0.6 is 0 Å². The third-order valence-corrected chi connectivity index (χ3v) is 3.63. The topological polar surface area (TPSA) is 66.8 Å². The molecule has 0 bridgehead atoms. The molecule has 1 saturated carbocycles. The summed E-state index contributed by atoms with van der Waals surface area (Å²) in [7, 11) is 0. The van der Waals surface area contributed by atoms with Gasteiger partial charge in [-0.1, -0.05) is 6.92 Å². The van der Waals surface area contributed by atoms with E-state index in [2.05, 4.69) is 0 Å². The first-order valence-electron chi connectivity index (χ1n) is 5.98. The van der Waals surface area contributed by atoms with Crippen LogP contribution in [-0.2, 0) is 9.53 Å². The first-order valence-corrected chi connectivity index (χ1v) is 5.98. The van der Waals surface area contributed by atoms with Crippen molar-refractivity contribution in [2.45, 2.75) is 51.7 Å². The molecule has 0 aromatic heterocycles. The monoisotopic (exact) mass is 230 g/mol. The molecule has 94 valence electrons. The van der Waals surface area contributed by atoms with Crippen molar-refractivity contribution in [1.82, 2.24) is 0 Å². The number of esters is 1. The van der Waals surface area contributed by atoms with E-state index in [0.717, 1.165) is 6.42 Å². The van der Waals surface area contributed by atoms with Crippen molar-refractivity contribution in [3.05, 3.63) is 0 Å². The number of carbonyl (C=O) groups is 1. The minimum atomic E-state index is -1.32. The third-order valence-electron chi connectivity index (χ3n) is 3.63. The van der Waals surface area contributed by atoms with Crippen LogP contribution in [0, 0.1) is 11.8 Å². The molecule has 4 heteroatoms. The van der Waals surface area contributed by atoms with Crippen molar-refractivity contribution in [2.24, 2.45) is 11.8 Å². The van der Waals surface area contributed by atoms with E-state index in [9.17, 15) is 15.0 Å². The first-order chi connectivity index (χ1) is 7.41. The molecule has 1 aliphatic rings. The van der Waals surface area contributed by atoms with E-state index >= 15 is 0 Å². The number of ether oxygens (including phenoxy) is 1. The molecule has 4 nitrogen and oxygen atoms in total. The number of aliphatic hydroxyl groups is 2. The van der Waals surface area contributed by atoms with Gasteiger partial charge in [-0.2, -0.15) is 0 Å². The Labute approximate surface area is 96.6 Å². The molecule has 0 amide bonds. The van der Waals surface area contributed by atoms with Crippen LogP contribution in [0.25, 0.3) is 0 Å². The van der Waals surface area contributed by atoms with Crippen LogP contribution in [0.1, 0.15) is 40.0 Å². The summed E-state index contributed by atoms with van der Waals surface area (Å²) >= 11 is 0. The lowest BCUT2D eigenvalue weighted by Crippen LogP contribution is -2.54. The van der Waals surface area contributed by atoms with Gasteiger partial charge in [0.1, 0.15) is 5.60 Å². The van der Waals surface area contributed by atoms with Crippen molar-refractivity contribution in [3.63, 3.8) is 0 Å². The predicted molar refractivity (Wildman–Crippen MR) is 59.8 cm³/mol. The second-order valence-corrected chi connectivity index (χ2v) is 4.86. The van der Waals surface area contributed by atoms with Crippen molar-refractivity contribution in [2.75, 3.05) is 6.61 Å². The van der Waals surface area contributed by atoms with Gasteiger partial charge in [0.25, 0.3) is 0 Å². The molecule has 0 aromatic rings. The minimum Gasteiger partial charge on any atom is -0.466 e. The van der Waals surface area contributed by atoms with Gasteiger partial charge < -0.3 is 14.9 Å². The van der Waals surface area contributed by atoms with Crippen LogP contribution in [0.2, 0.25) is 0 Å². The average molecular weight is 230 g/mol. The normalized spacial score (nSPS) is 36.8. The molecule has 1 fully saturated rings. The Bertz CT molecular complexity index is 253. The van der Waals surface area contributed by atoms with E-state index in [1.54, 1.807) is 13.8 Å². The van der Waals surface area contributed by atoms with Crippen LogP contribution < -0.4 is 0 Å². The lowest BCUT2D eigenvalue weighted by molar-refractivity contribution is -0.177. The van der Waals surface area contributed by atoms with E-state index in [-0.39, 0.29) is 0 Å². The van der Waals surface area contributed by atoms with Gasteiger partial charge in [-0.15, -0.1) is 0 Å². The molecule has 0 aromatic carbocycles. The summed E-state index contributed by atoms with van der Waals surface area (Å²) in [6.45, 7) is 5.69. The van der Waals surface area contributed by atoms with Crippen molar-refractivity contribution in [3.8, 4) is 0 Å². The number of carbonyl (C=O) groups excluding carboxylic acids is 1. The highest BCUT2D eigenvalue weighted by molar-refractivity contribution is 5.73. The third kappa shape index (κ3) is 2.55. The zero-order valence-electron chi connectivity index (χ0n) is 10.3. The van der Waals surface area contributed by atoms with Gasteiger partial charge in [-0.3, -0.25) is 4.79 Å². The molecular weight excluding hydrogens is 208 g/mol. The summed E-state index contributed by atoms with van der Waals surface area (Å²) in [6, 6.07) is 0. The molecule has 1 aliphatic carbocycles. The second kappa shape index (κ2) is 5.15. The molecule has 0 heterocycles. The van der Waals surface area contributed by atoms with Crippen molar-refractivity contribution in [1.29, 1.82) is 0 Å². The quantitative estimate of drug-likeness (QED) is 0.712. The van der Waals surface area contributed by atoms with E-state index in [1.165, 1.54) is 0 Å². The Morgan fingerprint density at radius 1 is 1.62 bits per heavy atom. The molecule has 16 heavy (non-hydrogen) atoms. The SMILES string of the molecule is CCOC(=O)C(C)C1(O)CCC(C)CC1O. The summed E-state index contributed by atoms with van der Waals surface area (Å²) < 4.78 is 4.89. The van der Waals surface area contributed by atoms with Crippen molar-refractivity contribution < 1.29 is 19.7 Å². The van der Waals surface area contributed by atoms with Gasteiger partial charge in [-0.25, -0.2) is 0 Å². The van der Waals surface area contributed by atoms with Gasteiger partial charge in [0, 0.05) is 0 Å². The Hall–Kier alpha value is -0.610. The zero-order chi connectivity index (χ0) is 12.3. The molecule has 2 N–H and O–H groups in total. The lowest BCUT2D eigenvalue weighted by Gasteiger charge is -2.42. The summed E-state index contributed by atoms with van der Waals surface area (Å²) in [5, 5.41) is 20.3. The van der Waals surface area contributed by atoms with Crippen molar-refractivity contribution >= 4 is 5.97 Å². The minimum absolute atomic E-state index is 0.297. The van der Waals surface area contributed by atoms with E-state index in [0.29, 0.717) is 25.4 Å². The fourth-order valence-electron chi connectivity index (χ4n) is 2.32. The van der Waals surface area contributed by atoms with Gasteiger partial charge in [0.2, 0.25) is 0 Å². The highest BCUT2D eigenvalue weighted by Crippen LogP contribution is 2.37. The maximum Gasteiger partial charge on any atom is 0.311 e. The summed E-state index contributed by atoms with van der Waals surface area (Å²) in [5.41, 5.74) is -1.32. The maximum absolute atomic E-state index is 11.6. The standard InChI is InChI=1S/C12H22O4/c1-4-16-11(14)9(3)12(15)6-5-8(2)7-10(12)13/h8-10,13,15H,4-7H2,1-3H3. The molecule has 4 atom stereocenters. The lowest BCUT2D eigenvalue weighted by atomic mass is 9.71. The zero-order valence-corrected chi connectivity index (χ0v) is 10.3. The second-order valence-electron chi connectivity index (χ2n) is 4.86. The van der Waals surface area contributed by atoms with E-state index in [1.807, 2.05) is 6.92 Å². The van der Waals surface area contributed by atoms with Crippen LogP contribution in [0.3, 0.4) is 0 Å². The maximum atomic E-state index is 11.6. The number of rotatable bonds is 3. The average Bonchev–Trinajstić information content (AvgIpc) is 2.23. The largest absolute Gasteiger partial charge is 0.466 e. The molecule has 1 rings (SSSR count). The van der Waals surface area contributed by atoms with E-state index in [4.69, 9.17) is 4.74 Å². The molecule has 0 radical (unpaired) electrons. The fraction of sp³-hybridized carbons (Fsp3) is 0.917. The Balaban J connectivity index is 2.72.